The fraction of sp³-hybridized carbons (Fsp3) is 0.235. The van der Waals surface area contributed by atoms with E-state index in [0.717, 1.165) is 23.2 Å². The number of anilines is 1. The second-order valence-electron chi connectivity index (χ2n) is 5.90. The van der Waals surface area contributed by atoms with Crippen LogP contribution in [0.25, 0.3) is 11.3 Å². The summed E-state index contributed by atoms with van der Waals surface area (Å²) in [6, 6.07) is 7.55. The number of aryl methyl sites for hydroxylation is 1. The highest BCUT2D eigenvalue weighted by molar-refractivity contribution is 7.14. The lowest BCUT2D eigenvalue weighted by Crippen LogP contribution is -2.14. The number of nitrogens with one attached hydrogen (secondary N) is 1. The molecule has 1 N–H and O–H groups in total. The second-order valence-corrected chi connectivity index (χ2v) is 7.17. The van der Waals surface area contributed by atoms with E-state index in [0.29, 0.717) is 10.2 Å². The Morgan fingerprint density at radius 2 is 2.25 bits per heavy atom. The molecule has 1 aliphatic carbocycles. The van der Waals surface area contributed by atoms with Crippen LogP contribution in [0.4, 0.5) is 5.13 Å². The summed E-state index contributed by atoms with van der Waals surface area (Å²) >= 11 is 7.60. The van der Waals surface area contributed by atoms with Gasteiger partial charge in [0.2, 0.25) is 5.91 Å². The van der Waals surface area contributed by atoms with E-state index >= 15 is 0 Å². The number of rotatable bonds is 4. The summed E-state index contributed by atoms with van der Waals surface area (Å²) in [5.74, 6) is 0.285. The van der Waals surface area contributed by atoms with Crippen molar-refractivity contribution in [1.82, 2.24) is 14.8 Å². The Morgan fingerprint density at radius 3 is 3.00 bits per heavy atom. The average Bonchev–Trinajstić information content (AvgIpc) is 3.04. The lowest BCUT2D eigenvalue weighted by atomic mass is 10.2. The monoisotopic (exact) mass is 358 g/mol. The number of benzene rings is 1. The van der Waals surface area contributed by atoms with Crippen molar-refractivity contribution in [3.63, 3.8) is 0 Å². The molecule has 1 aromatic carbocycles. The van der Waals surface area contributed by atoms with Crippen LogP contribution in [0.2, 0.25) is 5.02 Å². The molecule has 2 aromatic heterocycles. The minimum atomic E-state index is 0.00173. The van der Waals surface area contributed by atoms with Gasteiger partial charge >= 0.3 is 0 Å². The molecule has 1 amide bonds. The highest BCUT2D eigenvalue weighted by Gasteiger charge is 2.44. The molecule has 1 saturated carbocycles. The van der Waals surface area contributed by atoms with Gasteiger partial charge in [0, 0.05) is 35.1 Å². The molecule has 0 saturated heterocycles. The van der Waals surface area contributed by atoms with Crippen LogP contribution in [0.5, 0.6) is 0 Å². The van der Waals surface area contributed by atoms with Crippen LogP contribution in [0.3, 0.4) is 0 Å². The molecule has 2 unspecified atom stereocenters. The largest absolute Gasteiger partial charge is 0.302 e. The topological polar surface area (TPSA) is 59.8 Å². The second kappa shape index (κ2) is 6.03. The van der Waals surface area contributed by atoms with Crippen LogP contribution in [0.1, 0.15) is 17.9 Å². The number of carbonyl (C=O) groups excluding carboxylic acids is 1. The van der Waals surface area contributed by atoms with Crippen molar-refractivity contribution in [1.29, 1.82) is 0 Å². The van der Waals surface area contributed by atoms with E-state index in [-0.39, 0.29) is 17.7 Å². The maximum Gasteiger partial charge on any atom is 0.229 e. The lowest BCUT2D eigenvalue weighted by molar-refractivity contribution is -0.117. The van der Waals surface area contributed by atoms with Crippen molar-refractivity contribution < 1.29 is 4.79 Å². The molecule has 2 heterocycles. The first-order chi connectivity index (χ1) is 11.6. The Labute approximate surface area is 148 Å². The van der Waals surface area contributed by atoms with Crippen LogP contribution in [0, 0.1) is 5.92 Å². The molecule has 0 aliphatic heterocycles. The van der Waals surface area contributed by atoms with E-state index in [1.165, 1.54) is 11.3 Å². The van der Waals surface area contributed by atoms with Gasteiger partial charge in [-0.3, -0.25) is 9.48 Å². The highest BCUT2D eigenvalue weighted by atomic mass is 35.5. The smallest absolute Gasteiger partial charge is 0.229 e. The summed E-state index contributed by atoms with van der Waals surface area (Å²) in [6.45, 7) is 0. The molecule has 1 aliphatic rings. The first-order valence-electron chi connectivity index (χ1n) is 7.61. The maximum atomic E-state index is 12.4. The van der Waals surface area contributed by atoms with Gasteiger partial charge < -0.3 is 5.32 Å². The molecule has 7 heteroatoms. The molecule has 1 fully saturated rings. The number of nitrogens with zero attached hydrogens (tertiary/aromatic N) is 3. The number of thiazole rings is 1. The van der Waals surface area contributed by atoms with Crippen molar-refractivity contribution in [2.24, 2.45) is 13.0 Å². The van der Waals surface area contributed by atoms with Crippen molar-refractivity contribution in [2.75, 3.05) is 5.32 Å². The molecule has 2 atom stereocenters. The van der Waals surface area contributed by atoms with Gasteiger partial charge in [-0.05, 0) is 24.0 Å². The summed E-state index contributed by atoms with van der Waals surface area (Å²) in [4.78, 5) is 16.9. The number of aromatic nitrogens is 3. The predicted molar refractivity (Wildman–Crippen MR) is 95.2 cm³/mol. The van der Waals surface area contributed by atoms with Crippen LogP contribution >= 0.6 is 22.9 Å². The number of carbonyl (C=O) groups is 1. The van der Waals surface area contributed by atoms with Crippen LogP contribution in [-0.4, -0.2) is 20.7 Å². The SMILES string of the molecule is Cn1cc(C2CC2C(=O)Nc2nc(-c3ccccc3Cl)cs2)cn1. The van der Waals surface area contributed by atoms with Crippen LogP contribution in [0.15, 0.2) is 42.0 Å². The van der Waals surface area contributed by atoms with Gasteiger partial charge in [0.05, 0.1) is 11.9 Å². The third kappa shape index (κ3) is 2.95. The Balaban J connectivity index is 1.43. The van der Waals surface area contributed by atoms with Gasteiger partial charge in [-0.25, -0.2) is 4.98 Å². The summed E-state index contributed by atoms with van der Waals surface area (Å²) in [5.41, 5.74) is 2.77. The van der Waals surface area contributed by atoms with Crippen LogP contribution in [-0.2, 0) is 11.8 Å². The standard InChI is InChI=1S/C17H15ClN4OS/c1-22-8-10(7-19-22)12-6-13(12)16(23)21-17-20-15(9-24-17)11-4-2-3-5-14(11)18/h2-5,7-9,12-13H,6H2,1H3,(H,20,21,23). The molecule has 0 radical (unpaired) electrons. The van der Waals surface area contributed by atoms with E-state index in [9.17, 15) is 4.79 Å². The van der Waals surface area contributed by atoms with E-state index < -0.39 is 0 Å². The fourth-order valence-electron chi connectivity index (χ4n) is 2.81. The van der Waals surface area contributed by atoms with Crippen molar-refractivity contribution in [2.45, 2.75) is 12.3 Å². The average molecular weight is 359 g/mol. The molecule has 24 heavy (non-hydrogen) atoms. The molecule has 5 nitrogen and oxygen atoms in total. The molecular weight excluding hydrogens is 344 g/mol. The third-order valence-electron chi connectivity index (χ3n) is 4.16. The normalized spacial score (nSPS) is 19.2. The van der Waals surface area contributed by atoms with Gasteiger partial charge in [0.15, 0.2) is 5.13 Å². The van der Waals surface area contributed by atoms with Gasteiger partial charge in [-0.15, -0.1) is 11.3 Å². The van der Waals surface area contributed by atoms with Crippen molar-refractivity contribution in [3.05, 3.63) is 52.6 Å². The van der Waals surface area contributed by atoms with E-state index in [2.05, 4.69) is 15.4 Å². The van der Waals surface area contributed by atoms with E-state index in [1.54, 1.807) is 4.68 Å². The fourth-order valence-corrected chi connectivity index (χ4v) is 3.75. The van der Waals surface area contributed by atoms with Gasteiger partial charge in [-0.1, -0.05) is 29.8 Å². The summed E-state index contributed by atoms with van der Waals surface area (Å²) in [7, 11) is 1.88. The molecule has 3 aromatic rings. The number of hydrogen-bond donors (Lipinski definition) is 1. The first-order valence-corrected chi connectivity index (χ1v) is 8.87. The van der Waals surface area contributed by atoms with Crippen molar-refractivity contribution >= 4 is 34.0 Å². The van der Waals surface area contributed by atoms with Gasteiger partial charge in [0.25, 0.3) is 0 Å². The summed E-state index contributed by atoms with van der Waals surface area (Å²) < 4.78 is 1.76. The molecule has 122 valence electrons. The Kier molecular flexibility index (Phi) is 3.86. The Hall–Kier alpha value is -2.18. The quantitative estimate of drug-likeness (QED) is 0.768. The number of amides is 1. The van der Waals surface area contributed by atoms with Crippen molar-refractivity contribution in [3.8, 4) is 11.3 Å². The summed E-state index contributed by atoms with van der Waals surface area (Å²) in [5, 5.41) is 10.2. The Bertz CT molecular complexity index is 903. The zero-order valence-corrected chi connectivity index (χ0v) is 14.5. The number of hydrogen-bond acceptors (Lipinski definition) is 4. The molecule has 4 rings (SSSR count). The van der Waals surface area contributed by atoms with Gasteiger partial charge in [-0.2, -0.15) is 5.10 Å². The highest BCUT2D eigenvalue weighted by Crippen LogP contribution is 2.48. The third-order valence-corrected chi connectivity index (χ3v) is 5.25. The molecule has 0 bridgehead atoms. The maximum absolute atomic E-state index is 12.4. The van der Waals surface area contributed by atoms with E-state index in [4.69, 9.17) is 11.6 Å². The summed E-state index contributed by atoms with van der Waals surface area (Å²) in [6.07, 6.45) is 4.66. The van der Waals surface area contributed by atoms with Gasteiger partial charge in [0.1, 0.15) is 0 Å². The zero-order chi connectivity index (χ0) is 16.7. The number of halogens is 1. The molecular formula is C17H15ClN4OS. The minimum Gasteiger partial charge on any atom is -0.302 e. The Morgan fingerprint density at radius 1 is 1.42 bits per heavy atom. The van der Waals surface area contributed by atoms with Crippen LogP contribution < -0.4 is 5.32 Å². The molecule has 0 spiro atoms. The zero-order valence-electron chi connectivity index (χ0n) is 12.9. The first kappa shape index (κ1) is 15.4. The predicted octanol–water partition coefficient (Wildman–Crippen LogP) is 3.94. The van der Waals surface area contributed by atoms with E-state index in [1.807, 2.05) is 49.1 Å². The minimum absolute atomic E-state index is 0.00173. The lowest BCUT2D eigenvalue weighted by Gasteiger charge is -2.01.